The molecule has 1 N–H and O–H groups in total. The summed E-state index contributed by atoms with van der Waals surface area (Å²) in [5.41, 5.74) is 0.114. The van der Waals surface area contributed by atoms with Crippen molar-refractivity contribution in [1.29, 1.82) is 0 Å². The average molecular weight is 224 g/mol. The zero-order chi connectivity index (χ0) is 12.1. The number of nitrogens with one attached hydrogen (secondary N) is 1. The third kappa shape index (κ3) is 3.36. The highest BCUT2D eigenvalue weighted by Crippen LogP contribution is 2.04. The van der Waals surface area contributed by atoms with Gasteiger partial charge in [0.05, 0.1) is 0 Å². The highest BCUT2D eigenvalue weighted by atomic mass is 16.2. The highest BCUT2D eigenvalue weighted by molar-refractivity contribution is 5.03. The molecule has 4 heteroatoms. The maximum Gasteiger partial charge on any atom is 0.328 e. The normalized spacial score (nSPS) is 11.0. The van der Waals surface area contributed by atoms with Gasteiger partial charge in [-0.3, -0.25) is 9.78 Å². The number of nitrogens with zero attached hydrogens (tertiary/aromatic N) is 1. The van der Waals surface area contributed by atoms with Crippen LogP contribution in [0.1, 0.15) is 39.2 Å². The maximum absolute atomic E-state index is 11.5. The summed E-state index contributed by atoms with van der Waals surface area (Å²) < 4.78 is 1.60. The molecule has 0 aliphatic rings. The third-order valence-electron chi connectivity index (χ3n) is 2.65. The van der Waals surface area contributed by atoms with Gasteiger partial charge >= 0.3 is 5.69 Å². The van der Waals surface area contributed by atoms with Crippen molar-refractivity contribution in [2.75, 3.05) is 0 Å². The molecule has 0 amide bonds. The number of aromatic amines is 1. The molecule has 0 aliphatic heterocycles. The second-order valence-electron chi connectivity index (χ2n) is 4.50. The predicted octanol–water partition coefficient (Wildman–Crippen LogP) is 1.54. The summed E-state index contributed by atoms with van der Waals surface area (Å²) >= 11 is 0. The maximum atomic E-state index is 11.5. The largest absolute Gasteiger partial charge is 0.328 e. The first-order valence-electron chi connectivity index (χ1n) is 5.87. The van der Waals surface area contributed by atoms with E-state index in [0.29, 0.717) is 24.4 Å². The number of aromatic nitrogens is 2. The van der Waals surface area contributed by atoms with Gasteiger partial charge in [0.2, 0.25) is 0 Å². The van der Waals surface area contributed by atoms with Crippen LogP contribution in [0, 0.1) is 5.92 Å². The van der Waals surface area contributed by atoms with Gasteiger partial charge in [0, 0.05) is 18.3 Å². The molecule has 0 saturated carbocycles. The lowest BCUT2D eigenvalue weighted by Gasteiger charge is -2.08. The third-order valence-corrected chi connectivity index (χ3v) is 2.65. The van der Waals surface area contributed by atoms with Crippen LogP contribution in [0.15, 0.2) is 15.8 Å². The summed E-state index contributed by atoms with van der Waals surface area (Å²) in [6.45, 7) is 6.91. The first-order chi connectivity index (χ1) is 7.54. The zero-order valence-electron chi connectivity index (χ0n) is 10.2. The van der Waals surface area contributed by atoms with Gasteiger partial charge < -0.3 is 4.57 Å². The molecule has 0 atom stereocenters. The van der Waals surface area contributed by atoms with Crippen LogP contribution >= 0.6 is 0 Å². The second-order valence-corrected chi connectivity index (χ2v) is 4.50. The molecular weight excluding hydrogens is 204 g/mol. The molecule has 1 heterocycles. The number of rotatable bonds is 5. The Kier molecular flexibility index (Phi) is 4.52. The first kappa shape index (κ1) is 12.7. The SMILES string of the molecule is CCc1cn(CCCC(C)C)c(=O)[nH]c1=O. The van der Waals surface area contributed by atoms with E-state index >= 15 is 0 Å². The van der Waals surface area contributed by atoms with Crippen molar-refractivity contribution in [3.05, 3.63) is 32.6 Å². The van der Waals surface area contributed by atoms with E-state index < -0.39 is 0 Å². The molecule has 0 aromatic carbocycles. The lowest BCUT2D eigenvalue weighted by molar-refractivity contribution is 0.499. The van der Waals surface area contributed by atoms with Crippen LogP contribution in [0.5, 0.6) is 0 Å². The van der Waals surface area contributed by atoms with Gasteiger partial charge in [0.15, 0.2) is 0 Å². The van der Waals surface area contributed by atoms with Gasteiger partial charge in [0.25, 0.3) is 5.56 Å². The molecule has 0 saturated heterocycles. The predicted molar refractivity (Wildman–Crippen MR) is 64.8 cm³/mol. The quantitative estimate of drug-likeness (QED) is 0.824. The van der Waals surface area contributed by atoms with E-state index in [1.807, 2.05) is 6.92 Å². The first-order valence-corrected chi connectivity index (χ1v) is 5.87. The standard InChI is InChI=1S/C12H20N2O2/c1-4-10-8-14(7-5-6-9(2)3)12(16)13-11(10)15/h8-9H,4-7H2,1-3H3,(H,13,15,16). The van der Waals surface area contributed by atoms with Crippen LogP contribution in [-0.4, -0.2) is 9.55 Å². The number of hydrogen-bond acceptors (Lipinski definition) is 2. The minimum Gasteiger partial charge on any atom is -0.300 e. The number of hydrogen-bond donors (Lipinski definition) is 1. The topological polar surface area (TPSA) is 54.9 Å². The number of H-pyrrole nitrogens is 1. The molecule has 0 fully saturated rings. The Hall–Kier alpha value is -1.32. The molecular formula is C12H20N2O2. The lowest BCUT2D eigenvalue weighted by atomic mass is 10.1. The number of aryl methyl sites for hydroxylation is 2. The molecule has 1 aromatic rings. The van der Waals surface area contributed by atoms with Crippen LogP contribution in [-0.2, 0) is 13.0 Å². The summed E-state index contributed by atoms with van der Waals surface area (Å²) in [4.78, 5) is 25.2. The van der Waals surface area contributed by atoms with E-state index in [1.54, 1.807) is 10.8 Å². The zero-order valence-corrected chi connectivity index (χ0v) is 10.2. The van der Waals surface area contributed by atoms with E-state index in [4.69, 9.17) is 0 Å². The molecule has 1 aromatic heterocycles. The van der Waals surface area contributed by atoms with Crippen LogP contribution in [0.25, 0.3) is 0 Å². The molecule has 0 unspecified atom stereocenters. The molecule has 0 spiro atoms. The molecule has 1 rings (SSSR count). The molecule has 4 nitrogen and oxygen atoms in total. The summed E-state index contributed by atoms with van der Waals surface area (Å²) in [5, 5.41) is 0. The molecule has 0 bridgehead atoms. The van der Waals surface area contributed by atoms with E-state index in [1.165, 1.54) is 0 Å². The highest BCUT2D eigenvalue weighted by Gasteiger charge is 2.03. The van der Waals surface area contributed by atoms with Crippen LogP contribution in [0.2, 0.25) is 0 Å². The Morgan fingerprint density at radius 3 is 2.62 bits per heavy atom. The minimum atomic E-state index is -0.300. The summed E-state index contributed by atoms with van der Waals surface area (Å²) in [6.07, 6.45) is 4.39. The van der Waals surface area contributed by atoms with Crippen molar-refractivity contribution in [3.63, 3.8) is 0 Å². The van der Waals surface area contributed by atoms with E-state index in [-0.39, 0.29) is 11.2 Å². The van der Waals surface area contributed by atoms with E-state index in [0.717, 1.165) is 12.8 Å². The van der Waals surface area contributed by atoms with Gasteiger partial charge in [-0.25, -0.2) is 4.79 Å². The van der Waals surface area contributed by atoms with Gasteiger partial charge in [-0.15, -0.1) is 0 Å². The summed E-state index contributed by atoms with van der Waals surface area (Å²) in [6, 6.07) is 0. The smallest absolute Gasteiger partial charge is 0.300 e. The van der Waals surface area contributed by atoms with Crippen LogP contribution in [0.4, 0.5) is 0 Å². The van der Waals surface area contributed by atoms with Gasteiger partial charge in [-0.1, -0.05) is 20.8 Å². The van der Waals surface area contributed by atoms with Crippen molar-refractivity contribution in [2.24, 2.45) is 5.92 Å². The van der Waals surface area contributed by atoms with Crippen molar-refractivity contribution in [3.8, 4) is 0 Å². The van der Waals surface area contributed by atoms with Crippen molar-refractivity contribution in [1.82, 2.24) is 9.55 Å². The van der Waals surface area contributed by atoms with Crippen LogP contribution in [0.3, 0.4) is 0 Å². The Labute approximate surface area is 95.3 Å². The van der Waals surface area contributed by atoms with Crippen molar-refractivity contribution < 1.29 is 0 Å². The fourth-order valence-electron chi connectivity index (χ4n) is 1.64. The fourth-order valence-corrected chi connectivity index (χ4v) is 1.64. The molecule has 0 radical (unpaired) electrons. The minimum absolute atomic E-state index is 0.257. The van der Waals surface area contributed by atoms with E-state index in [9.17, 15) is 9.59 Å². The monoisotopic (exact) mass is 224 g/mol. The molecule has 90 valence electrons. The van der Waals surface area contributed by atoms with Gasteiger partial charge in [-0.2, -0.15) is 0 Å². The van der Waals surface area contributed by atoms with Crippen LogP contribution < -0.4 is 11.2 Å². The Bertz CT molecular complexity index is 443. The van der Waals surface area contributed by atoms with Gasteiger partial charge in [-0.05, 0) is 25.2 Å². The molecule has 16 heavy (non-hydrogen) atoms. The second kappa shape index (κ2) is 5.68. The van der Waals surface area contributed by atoms with Gasteiger partial charge in [0.1, 0.15) is 0 Å². The van der Waals surface area contributed by atoms with E-state index in [2.05, 4.69) is 18.8 Å². The fraction of sp³-hybridized carbons (Fsp3) is 0.667. The van der Waals surface area contributed by atoms with Crippen molar-refractivity contribution in [2.45, 2.75) is 46.6 Å². The average Bonchev–Trinajstić information content (AvgIpc) is 2.20. The summed E-state index contributed by atoms with van der Waals surface area (Å²) in [7, 11) is 0. The summed E-state index contributed by atoms with van der Waals surface area (Å²) in [5.74, 6) is 0.643. The van der Waals surface area contributed by atoms with Crippen molar-refractivity contribution >= 4 is 0 Å². The Morgan fingerprint density at radius 2 is 2.06 bits per heavy atom. The molecule has 0 aliphatic carbocycles. The Morgan fingerprint density at radius 1 is 1.38 bits per heavy atom. The Balaban J connectivity index is 2.80. The lowest BCUT2D eigenvalue weighted by Crippen LogP contribution is -2.31.